The van der Waals surface area contributed by atoms with Crippen LogP contribution in [0.4, 0.5) is 22.4 Å². The summed E-state index contributed by atoms with van der Waals surface area (Å²) < 4.78 is 59.6. The van der Waals surface area contributed by atoms with Gasteiger partial charge in [-0.1, -0.05) is 6.07 Å². The van der Waals surface area contributed by atoms with E-state index in [9.17, 15) is 27.2 Å². The highest BCUT2D eigenvalue weighted by Crippen LogP contribution is 2.26. The van der Waals surface area contributed by atoms with Crippen LogP contribution in [0.3, 0.4) is 0 Å². The highest BCUT2D eigenvalue weighted by Gasteiger charge is 2.33. The largest absolute Gasteiger partial charge is 0.573 e. The van der Waals surface area contributed by atoms with Crippen LogP contribution in [0, 0.1) is 5.82 Å². The first kappa shape index (κ1) is 26.7. The monoisotopic (exact) mass is 550 g/mol. The molecule has 0 saturated carbocycles. The molecular formula is C25H26F4N6O4. The van der Waals surface area contributed by atoms with E-state index in [1.54, 1.807) is 23.1 Å². The maximum absolute atomic E-state index is 13.9. The number of hydrogen-bond donors (Lipinski definition) is 1. The maximum Gasteiger partial charge on any atom is 0.573 e. The van der Waals surface area contributed by atoms with Gasteiger partial charge in [-0.05, 0) is 48.7 Å². The summed E-state index contributed by atoms with van der Waals surface area (Å²) in [6, 6.07) is 8.45. The number of rotatable bonds is 5. The Morgan fingerprint density at radius 1 is 0.923 bits per heavy atom. The molecule has 14 heteroatoms. The number of H-pyrrole nitrogens is 1. The van der Waals surface area contributed by atoms with Crippen molar-refractivity contribution in [2.24, 2.45) is 0 Å². The molecule has 1 aromatic heterocycles. The van der Waals surface area contributed by atoms with Crippen molar-refractivity contribution < 1.29 is 36.6 Å². The number of fused-ring (bicyclic) bond motifs is 1. The van der Waals surface area contributed by atoms with Gasteiger partial charge in [-0.2, -0.15) is 15.4 Å². The average Bonchev–Trinajstić information content (AvgIpc) is 3.40. The number of nitrogens with one attached hydrogen (secondary N) is 1. The zero-order valence-corrected chi connectivity index (χ0v) is 20.8. The first-order chi connectivity index (χ1) is 18.7. The summed E-state index contributed by atoms with van der Waals surface area (Å²) in [6.07, 6.45) is -3.93. The summed E-state index contributed by atoms with van der Waals surface area (Å²) in [5.74, 6) is -2.18. The lowest BCUT2D eigenvalue weighted by Gasteiger charge is -2.42. The van der Waals surface area contributed by atoms with Crippen molar-refractivity contribution in [1.82, 2.24) is 30.1 Å². The lowest BCUT2D eigenvalue weighted by atomic mass is 10.0. The van der Waals surface area contributed by atoms with Gasteiger partial charge in [0, 0.05) is 50.9 Å². The number of carbonyl (C=O) groups excluding carboxylic acids is 2. The minimum Gasteiger partial charge on any atom is -0.445 e. The van der Waals surface area contributed by atoms with Crippen molar-refractivity contribution in [3.8, 4) is 5.75 Å². The number of alkyl halides is 3. The molecule has 2 fully saturated rings. The first-order valence-electron chi connectivity index (χ1n) is 12.5. The van der Waals surface area contributed by atoms with Crippen molar-refractivity contribution in [1.29, 1.82) is 0 Å². The molecule has 39 heavy (non-hydrogen) atoms. The van der Waals surface area contributed by atoms with Gasteiger partial charge in [-0.25, -0.2) is 9.18 Å². The number of likely N-dealkylation sites (tertiary alicyclic amines) is 1. The van der Waals surface area contributed by atoms with Gasteiger partial charge in [0.25, 0.3) is 5.91 Å². The summed E-state index contributed by atoms with van der Waals surface area (Å²) >= 11 is 0. The molecule has 208 valence electrons. The normalized spacial score (nSPS) is 17.4. The number of ether oxygens (including phenoxy) is 2. The van der Waals surface area contributed by atoms with E-state index in [4.69, 9.17) is 4.74 Å². The van der Waals surface area contributed by atoms with Gasteiger partial charge in [-0.15, -0.1) is 13.2 Å². The Labute approximate surface area is 220 Å². The second kappa shape index (κ2) is 11.0. The van der Waals surface area contributed by atoms with Crippen molar-refractivity contribution >= 4 is 23.0 Å². The van der Waals surface area contributed by atoms with Crippen molar-refractivity contribution in [2.45, 2.75) is 31.9 Å². The predicted octanol–water partition coefficient (Wildman–Crippen LogP) is 3.55. The molecule has 2 aromatic carbocycles. The van der Waals surface area contributed by atoms with Crippen molar-refractivity contribution in [2.75, 3.05) is 39.3 Å². The van der Waals surface area contributed by atoms with E-state index in [2.05, 4.69) is 25.0 Å². The molecule has 2 aliphatic rings. The standard InChI is InChI=1S/C25H26F4N6O4/c26-19-13-16(1-4-22(19)39-25(27,28)29)15-38-24(37)35-11-9-33(10-12-35)18-5-7-34(8-6-18)23(36)17-2-3-20-21(14-17)31-32-30-20/h1-4,13-14,18H,5-12,15H2,(H,30,31,32). The number of aromatic amines is 1. The van der Waals surface area contributed by atoms with Gasteiger partial charge in [0.2, 0.25) is 0 Å². The van der Waals surface area contributed by atoms with Crippen LogP contribution >= 0.6 is 0 Å². The number of halogens is 4. The number of aromatic nitrogens is 3. The minimum atomic E-state index is -5.00. The number of hydrogen-bond acceptors (Lipinski definition) is 7. The smallest absolute Gasteiger partial charge is 0.445 e. The van der Waals surface area contributed by atoms with Crippen LogP contribution in [-0.2, 0) is 11.3 Å². The Morgan fingerprint density at radius 2 is 1.64 bits per heavy atom. The summed E-state index contributed by atoms with van der Waals surface area (Å²) in [5, 5.41) is 10.6. The topological polar surface area (TPSA) is 104 Å². The Morgan fingerprint density at radius 3 is 2.33 bits per heavy atom. The van der Waals surface area contributed by atoms with Gasteiger partial charge in [0.15, 0.2) is 11.6 Å². The predicted molar refractivity (Wildman–Crippen MR) is 129 cm³/mol. The molecule has 3 aromatic rings. The Kier molecular flexibility index (Phi) is 7.55. The van der Waals surface area contributed by atoms with E-state index in [1.165, 1.54) is 6.07 Å². The molecular weight excluding hydrogens is 524 g/mol. The second-order valence-electron chi connectivity index (χ2n) is 9.44. The molecule has 0 spiro atoms. The number of benzene rings is 2. The lowest BCUT2D eigenvalue weighted by Crippen LogP contribution is -2.54. The van der Waals surface area contributed by atoms with Crippen LogP contribution in [0.25, 0.3) is 11.0 Å². The molecule has 2 aliphatic heterocycles. The number of nitrogens with zero attached hydrogens (tertiary/aromatic N) is 5. The van der Waals surface area contributed by atoms with Gasteiger partial charge in [-0.3, -0.25) is 9.69 Å². The molecule has 10 nitrogen and oxygen atoms in total. The number of piperidine rings is 1. The molecule has 2 amide bonds. The Hall–Kier alpha value is -3.94. The molecule has 3 heterocycles. The molecule has 0 atom stereocenters. The van der Waals surface area contributed by atoms with Crippen LogP contribution in [0.2, 0.25) is 0 Å². The highest BCUT2D eigenvalue weighted by atomic mass is 19.4. The molecule has 0 bridgehead atoms. The van der Waals surface area contributed by atoms with Crippen LogP contribution in [0.5, 0.6) is 5.75 Å². The van der Waals surface area contributed by atoms with Crippen LogP contribution in [-0.4, -0.2) is 93.8 Å². The fourth-order valence-electron chi connectivity index (χ4n) is 4.94. The van der Waals surface area contributed by atoms with Crippen LogP contribution in [0.1, 0.15) is 28.8 Å². The molecule has 0 radical (unpaired) electrons. The third-order valence-electron chi connectivity index (χ3n) is 6.99. The fourth-order valence-corrected chi connectivity index (χ4v) is 4.94. The van der Waals surface area contributed by atoms with E-state index in [0.29, 0.717) is 61.9 Å². The maximum atomic E-state index is 13.9. The summed E-state index contributed by atoms with van der Waals surface area (Å²) in [5.41, 5.74) is 2.13. The zero-order valence-electron chi connectivity index (χ0n) is 20.8. The third kappa shape index (κ3) is 6.38. The van der Waals surface area contributed by atoms with Gasteiger partial charge < -0.3 is 19.3 Å². The highest BCUT2D eigenvalue weighted by molar-refractivity contribution is 5.97. The van der Waals surface area contributed by atoms with Crippen molar-refractivity contribution in [3.05, 3.63) is 53.3 Å². The fraction of sp³-hybridized carbons (Fsp3) is 0.440. The molecule has 5 rings (SSSR count). The van der Waals surface area contributed by atoms with E-state index < -0.39 is 24.0 Å². The summed E-state index contributed by atoms with van der Waals surface area (Å²) in [6.45, 7) is 3.17. The quantitative estimate of drug-likeness (QED) is 0.485. The summed E-state index contributed by atoms with van der Waals surface area (Å²) in [7, 11) is 0. The lowest BCUT2D eigenvalue weighted by molar-refractivity contribution is -0.275. The average molecular weight is 551 g/mol. The van der Waals surface area contributed by atoms with Crippen LogP contribution < -0.4 is 4.74 Å². The minimum absolute atomic E-state index is 0.0340. The van der Waals surface area contributed by atoms with Gasteiger partial charge in [0.1, 0.15) is 17.6 Å². The van der Waals surface area contributed by atoms with E-state index in [1.807, 2.05) is 4.90 Å². The van der Waals surface area contributed by atoms with E-state index in [-0.39, 0.29) is 18.1 Å². The number of piperazine rings is 1. The van der Waals surface area contributed by atoms with Gasteiger partial charge >= 0.3 is 12.5 Å². The molecule has 0 aliphatic carbocycles. The molecule has 0 unspecified atom stereocenters. The molecule has 2 saturated heterocycles. The van der Waals surface area contributed by atoms with Crippen LogP contribution in [0.15, 0.2) is 36.4 Å². The Bertz CT molecular complexity index is 1330. The molecule has 1 N–H and O–H groups in total. The van der Waals surface area contributed by atoms with E-state index >= 15 is 0 Å². The first-order valence-corrected chi connectivity index (χ1v) is 12.5. The number of carbonyl (C=O) groups is 2. The number of amides is 2. The zero-order chi connectivity index (χ0) is 27.6. The van der Waals surface area contributed by atoms with E-state index in [0.717, 1.165) is 25.0 Å². The van der Waals surface area contributed by atoms with Crippen molar-refractivity contribution in [3.63, 3.8) is 0 Å². The van der Waals surface area contributed by atoms with Gasteiger partial charge in [0.05, 0.1) is 0 Å². The SMILES string of the molecule is O=C(OCc1ccc(OC(F)(F)F)c(F)c1)N1CCN(C2CCN(C(=O)c3ccc4n[nH]nc4c3)CC2)CC1. The summed E-state index contributed by atoms with van der Waals surface area (Å²) in [4.78, 5) is 31.1. The Balaban J connectivity index is 1.05. The second-order valence-corrected chi connectivity index (χ2v) is 9.44. The third-order valence-corrected chi connectivity index (χ3v) is 6.99.